The molecule has 78 valence electrons. The van der Waals surface area contributed by atoms with Gasteiger partial charge < -0.3 is 0 Å². The normalized spacial score (nSPS) is 12.9. The van der Waals surface area contributed by atoms with Crippen molar-refractivity contribution in [2.24, 2.45) is 0 Å². The minimum absolute atomic E-state index is 0.300. The van der Waals surface area contributed by atoms with E-state index in [1.165, 1.54) is 6.07 Å². The average Bonchev–Trinajstić information content (AvgIpc) is 2.11. The maximum absolute atomic E-state index is 13.4. The molecule has 0 bridgehead atoms. The van der Waals surface area contributed by atoms with Gasteiger partial charge in [0.15, 0.2) is 0 Å². The maximum Gasteiger partial charge on any atom is 0.129 e. The predicted octanol–water partition coefficient (Wildman–Crippen LogP) is 5.32. The molecule has 0 aliphatic rings. The van der Waals surface area contributed by atoms with Crippen LogP contribution < -0.4 is 0 Å². The van der Waals surface area contributed by atoms with Gasteiger partial charge in [-0.3, -0.25) is 0 Å². The zero-order valence-electron chi connectivity index (χ0n) is 7.66. The van der Waals surface area contributed by atoms with Crippen molar-refractivity contribution >= 4 is 39.1 Å². The van der Waals surface area contributed by atoms with Crippen LogP contribution in [0.3, 0.4) is 0 Å². The molecule has 1 rings (SSSR count). The molecule has 1 aromatic rings. The van der Waals surface area contributed by atoms with Crippen molar-refractivity contribution in [3.63, 3.8) is 0 Å². The highest BCUT2D eigenvalue weighted by Gasteiger charge is 2.14. The Kier molecular flexibility index (Phi) is 4.68. The molecule has 14 heavy (non-hydrogen) atoms. The second-order valence-corrected chi connectivity index (χ2v) is 4.83. The van der Waals surface area contributed by atoms with E-state index in [1.54, 1.807) is 6.07 Å². The maximum atomic E-state index is 13.4. The Morgan fingerprint density at radius 2 is 2.14 bits per heavy atom. The number of halogens is 4. The van der Waals surface area contributed by atoms with Crippen LogP contribution in [0.4, 0.5) is 4.39 Å². The van der Waals surface area contributed by atoms with Crippen LogP contribution in [-0.2, 0) is 0 Å². The predicted molar refractivity (Wildman–Crippen MR) is 62.6 cm³/mol. The molecule has 0 amide bonds. The summed E-state index contributed by atoms with van der Waals surface area (Å²) in [5.74, 6) is -0.310. The molecule has 4 heteroatoms. The van der Waals surface area contributed by atoms with Crippen LogP contribution in [0.25, 0.3) is 0 Å². The molecule has 0 heterocycles. The van der Waals surface area contributed by atoms with E-state index in [9.17, 15) is 4.39 Å². The third kappa shape index (κ3) is 2.85. The molecule has 0 aliphatic carbocycles. The molecule has 0 saturated heterocycles. The highest BCUT2D eigenvalue weighted by molar-refractivity contribution is 9.10. The number of benzene rings is 1. The Balaban J connectivity index is 3.02. The van der Waals surface area contributed by atoms with Crippen LogP contribution in [-0.4, -0.2) is 0 Å². The molecule has 0 spiro atoms. The first kappa shape index (κ1) is 12.3. The van der Waals surface area contributed by atoms with Gasteiger partial charge >= 0.3 is 0 Å². The molecule has 0 radical (unpaired) electrons. The van der Waals surface area contributed by atoms with Crippen molar-refractivity contribution in [2.75, 3.05) is 0 Å². The fraction of sp³-hybridized carbons (Fsp3) is 0.400. The van der Waals surface area contributed by atoms with Gasteiger partial charge in [0, 0.05) is 10.0 Å². The topological polar surface area (TPSA) is 0 Å². The van der Waals surface area contributed by atoms with E-state index in [4.69, 9.17) is 23.2 Å². The van der Waals surface area contributed by atoms with E-state index in [2.05, 4.69) is 15.9 Å². The summed E-state index contributed by atoms with van der Waals surface area (Å²) in [5.41, 5.74) is 0.474. The highest BCUT2D eigenvalue weighted by atomic mass is 79.9. The standard InChI is InChI=1S/C10H10BrCl2F/c1-2-3-8(12)6-4-9(13)7(11)5-10(6)14/h4-5,8H,2-3H2,1H3. The Labute approximate surface area is 102 Å². The lowest BCUT2D eigenvalue weighted by Gasteiger charge is -2.10. The van der Waals surface area contributed by atoms with Gasteiger partial charge in [0.2, 0.25) is 0 Å². The largest absolute Gasteiger partial charge is 0.207 e. The first-order valence-corrected chi connectivity index (χ1v) is 5.95. The Morgan fingerprint density at radius 1 is 1.50 bits per heavy atom. The third-order valence-corrected chi connectivity index (χ3v) is 3.57. The fourth-order valence-electron chi connectivity index (χ4n) is 1.19. The van der Waals surface area contributed by atoms with E-state index in [0.717, 1.165) is 12.8 Å². The van der Waals surface area contributed by atoms with Crippen LogP contribution in [0.5, 0.6) is 0 Å². The van der Waals surface area contributed by atoms with Crippen LogP contribution in [0.15, 0.2) is 16.6 Å². The highest BCUT2D eigenvalue weighted by Crippen LogP contribution is 2.33. The van der Waals surface area contributed by atoms with E-state index in [0.29, 0.717) is 15.1 Å². The van der Waals surface area contributed by atoms with E-state index in [-0.39, 0.29) is 11.2 Å². The molecule has 1 atom stereocenters. The van der Waals surface area contributed by atoms with Gasteiger partial charge in [0.25, 0.3) is 0 Å². The molecular formula is C10H10BrCl2F. The minimum Gasteiger partial charge on any atom is -0.207 e. The summed E-state index contributed by atoms with van der Waals surface area (Å²) in [6, 6.07) is 2.93. The molecule has 1 aromatic carbocycles. The van der Waals surface area contributed by atoms with Gasteiger partial charge in [-0.1, -0.05) is 24.9 Å². The molecule has 0 aliphatic heterocycles. The van der Waals surface area contributed by atoms with Gasteiger partial charge in [-0.2, -0.15) is 0 Å². The van der Waals surface area contributed by atoms with Crippen molar-refractivity contribution in [3.8, 4) is 0 Å². The van der Waals surface area contributed by atoms with Crippen molar-refractivity contribution in [1.29, 1.82) is 0 Å². The zero-order valence-corrected chi connectivity index (χ0v) is 10.8. The number of rotatable bonds is 3. The summed E-state index contributed by atoms with van der Waals surface area (Å²) in [5, 5.41) is 0.189. The quantitative estimate of drug-likeness (QED) is 0.523. The van der Waals surface area contributed by atoms with Crippen molar-refractivity contribution < 1.29 is 4.39 Å². The lowest BCUT2D eigenvalue weighted by molar-refractivity contribution is 0.598. The summed E-state index contributed by atoms with van der Waals surface area (Å²) in [6.07, 6.45) is 1.66. The van der Waals surface area contributed by atoms with Crippen LogP contribution >= 0.6 is 39.1 Å². The minimum atomic E-state index is -0.310. The number of hydrogen-bond donors (Lipinski definition) is 0. The van der Waals surface area contributed by atoms with Gasteiger partial charge in [0.1, 0.15) is 5.82 Å². The zero-order chi connectivity index (χ0) is 10.7. The third-order valence-electron chi connectivity index (χ3n) is 1.92. The monoisotopic (exact) mass is 298 g/mol. The Bertz CT molecular complexity index is 328. The fourth-order valence-corrected chi connectivity index (χ4v) is 2.06. The molecule has 0 fully saturated rings. The molecule has 0 nitrogen and oxygen atoms in total. The molecule has 0 aromatic heterocycles. The second kappa shape index (κ2) is 5.34. The molecule has 0 N–H and O–H groups in total. The van der Waals surface area contributed by atoms with E-state index < -0.39 is 0 Å². The first-order valence-electron chi connectivity index (χ1n) is 4.34. The lowest BCUT2D eigenvalue weighted by Crippen LogP contribution is -1.95. The lowest BCUT2D eigenvalue weighted by atomic mass is 10.1. The van der Waals surface area contributed by atoms with Crippen molar-refractivity contribution in [2.45, 2.75) is 25.1 Å². The summed E-state index contributed by atoms with van der Waals surface area (Å²) in [4.78, 5) is 0. The second-order valence-electron chi connectivity index (χ2n) is 3.04. The number of hydrogen-bond acceptors (Lipinski definition) is 0. The van der Waals surface area contributed by atoms with Crippen molar-refractivity contribution in [1.82, 2.24) is 0 Å². The smallest absolute Gasteiger partial charge is 0.129 e. The molecular weight excluding hydrogens is 290 g/mol. The Morgan fingerprint density at radius 3 is 2.71 bits per heavy atom. The average molecular weight is 300 g/mol. The Hall–Kier alpha value is 0.210. The van der Waals surface area contributed by atoms with Gasteiger partial charge in [-0.05, 0) is 34.5 Å². The first-order chi connectivity index (χ1) is 6.56. The summed E-state index contributed by atoms with van der Waals surface area (Å²) in [7, 11) is 0. The van der Waals surface area contributed by atoms with Gasteiger partial charge in [-0.25, -0.2) is 4.39 Å². The van der Waals surface area contributed by atoms with E-state index in [1.807, 2.05) is 6.92 Å². The van der Waals surface area contributed by atoms with Crippen LogP contribution in [0.1, 0.15) is 30.7 Å². The summed E-state index contributed by atoms with van der Waals surface area (Å²) in [6.45, 7) is 2.01. The van der Waals surface area contributed by atoms with Crippen molar-refractivity contribution in [3.05, 3.63) is 33.0 Å². The van der Waals surface area contributed by atoms with Gasteiger partial charge in [0.05, 0.1) is 10.4 Å². The van der Waals surface area contributed by atoms with E-state index >= 15 is 0 Å². The summed E-state index contributed by atoms with van der Waals surface area (Å²) >= 11 is 15.0. The summed E-state index contributed by atoms with van der Waals surface area (Å²) < 4.78 is 14.0. The van der Waals surface area contributed by atoms with Crippen LogP contribution in [0.2, 0.25) is 5.02 Å². The molecule has 0 saturated carbocycles. The number of alkyl halides is 1. The SMILES string of the molecule is CCCC(Cl)c1cc(Cl)c(Br)cc1F. The van der Waals surface area contributed by atoms with Crippen LogP contribution in [0, 0.1) is 5.82 Å². The van der Waals surface area contributed by atoms with Gasteiger partial charge in [-0.15, -0.1) is 11.6 Å². The molecule has 1 unspecified atom stereocenters.